The molecule has 1 amide bonds. The number of carbonyl (C=O) groups excluding carboxylic acids is 1. The molecule has 1 aliphatic heterocycles. The Morgan fingerprint density at radius 2 is 2.15 bits per heavy atom. The molecule has 20 heavy (non-hydrogen) atoms. The summed E-state index contributed by atoms with van der Waals surface area (Å²) in [6.07, 6.45) is 1.19. The van der Waals surface area contributed by atoms with E-state index in [4.69, 9.17) is 33.7 Å². The third kappa shape index (κ3) is 3.64. The van der Waals surface area contributed by atoms with E-state index in [1.807, 2.05) is 6.07 Å². The smallest absolute Gasteiger partial charge is 0.251 e. The minimum absolute atomic E-state index is 0.00215. The predicted octanol–water partition coefficient (Wildman–Crippen LogP) is 2.46. The molecule has 0 spiro atoms. The largest absolute Gasteiger partial charge is 0.364 e. The molecule has 2 atom stereocenters. The van der Waals surface area contributed by atoms with Crippen LogP contribution in [-0.4, -0.2) is 36.6 Å². The first-order chi connectivity index (χ1) is 9.51. The molecule has 1 aliphatic rings. The molecule has 1 aromatic carbocycles. The quantitative estimate of drug-likeness (QED) is 0.928. The molecule has 2 rings (SSSR count). The Kier molecular flexibility index (Phi) is 5.27. The number of rotatable bonds is 4. The molecule has 0 aliphatic carbocycles. The maximum Gasteiger partial charge on any atom is 0.251 e. The van der Waals surface area contributed by atoms with Gasteiger partial charge >= 0.3 is 0 Å². The average molecular weight is 317 g/mol. The molecule has 1 heterocycles. The van der Waals surface area contributed by atoms with Crippen LogP contribution in [0.25, 0.3) is 0 Å². The molecule has 6 heteroatoms. The van der Waals surface area contributed by atoms with Crippen LogP contribution in [0.1, 0.15) is 18.4 Å². The summed E-state index contributed by atoms with van der Waals surface area (Å²) in [5.41, 5.74) is 6.48. The van der Waals surface area contributed by atoms with Crippen molar-refractivity contribution < 1.29 is 9.53 Å². The summed E-state index contributed by atoms with van der Waals surface area (Å²) in [6.45, 7) is 0.934. The molecule has 1 aromatic rings. The highest BCUT2D eigenvalue weighted by molar-refractivity contribution is 6.42. The van der Waals surface area contributed by atoms with Gasteiger partial charge in [-0.25, -0.2) is 0 Å². The molecule has 0 saturated carbocycles. The summed E-state index contributed by atoms with van der Waals surface area (Å²) in [5.74, 6) is -0.0213. The predicted molar refractivity (Wildman–Crippen MR) is 79.9 cm³/mol. The van der Waals surface area contributed by atoms with Crippen molar-refractivity contribution >= 4 is 29.1 Å². The van der Waals surface area contributed by atoms with Crippen molar-refractivity contribution in [3.63, 3.8) is 0 Å². The molecule has 0 aromatic heterocycles. The van der Waals surface area contributed by atoms with Gasteiger partial charge in [-0.1, -0.05) is 29.3 Å². The number of ether oxygens (including phenoxy) is 1. The number of halogens is 2. The molecule has 1 fully saturated rings. The van der Waals surface area contributed by atoms with Crippen molar-refractivity contribution in [3.8, 4) is 0 Å². The van der Waals surface area contributed by atoms with Crippen molar-refractivity contribution in [2.24, 2.45) is 5.73 Å². The number of nitrogens with zero attached hydrogens (tertiary/aromatic N) is 1. The molecule has 0 radical (unpaired) electrons. The molecule has 110 valence electrons. The van der Waals surface area contributed by atoms with Gasteiger partial charge in [0.2, 0.25) is 0 Å². The number of amides is 1. The zero-order valence-electron chi connectivity index (χ0n) is 11.3. The Morgan fingerprint density at radius 3 is 2.75 bits per heavy atom. The third-order valence-electron chi connectivity index (χ3n) is 3.43. The van der Waals surface area contributed by atoms with E-state index in [1.54, 1.807) is 24.1 Å². The molecule has 4 nitrogen and oxygen atoms in total. The summed E-state index contributed by atoms with van der Waals surface area (Å²) >= 11 is 11.8. The maximum atomic E-state index is 12.3. The second kappa shape index (κ2) is 6.76. The van der Waals surface area contributed by atoms with E-state index in [1.165, 1.54) is 0 Å². The summed E-state index contributed by atoms with van der Waals surface area (Å²) < 4.78 is 5.61. The van der Waals surface area contributed by atoms with Crippen LogP contribution in [-0.2, 0) is 16.1 Å². The monoisotopic (exact) mass is 316 g/mol. The first-order valence-corrected chi connectivity index (χ1v) is 7.31. The topological polar surface area (TPSA) is 55.6 Å². The minimum atomic E-state index is -0.378. The zero-order valence-corrected chi connectivity index (χ0v) is 12.8. The van der Waals surface area contributed by atoms with E-state index in [9.17, 15) is 4.79 Å². The van der Waals surface area contributed by atoms with Crippen LogP contribution in [0.4, 0.5) is 0 Å². The summed E-state index contributed by atoms with van der Waals surface area (Å²) in [4.78, 5) is 13.9. The highest BCUT2D eigenvalue weighted by Crippen LogP contribution is 2.24. The summed E-state index contributed by atoms with van der Waals surface area (Å²) in [6, 6.07) is 5.36. The highest BCUT2D eigenvalue weighted by Gasteiger charge is 2.31. The van der Waals surface area contributed by atoms with Gasteiger partial charge in [-0.05, 0) is 30.5 Å². The number of benzene rings is 1. The van der Waals surface area contributed by atoms with Crippen LogP contribution >= 0.6 is 23.2 Å². The SMILES string of the molecule is CN(Cc1ccc(Cl)c(Cl)c1)C(=O)C1CCC(CN)O1. The fourth-order valence-corrected chi connectivity index (χ4v) is 2.62. The van der Waals surface area contributed by atoms with Crippen molar-refractivity contribution in [3.05, 3.63) is 33.8 Å². The van der Waals surface area contributed by atoms with Crippen molar-refractivity contribution in [1.82, 2.24) is 4.90 Å². The van der Waals surface area contributed by atoms with Crippen LogP contribution in [0, 0.1) is 0 Å². The first kappa shape index (κ1) is 15.6. The van der Waals surface area contributed by atoms with Crippen molar-refractivity contribution in [2.45, 2.75) is 31.6 Å². The second-order valence-electron chi connectivity index (χ2n) is 5.00. The Bertz CT molecular complexity index is 496. The average Bonchev–Trinajstić information content (AvgIpc) is 2.91. The Hall–Kier alpha value is -0.810. The lowest BCUT2D eigenvalue weighted by molar-refractivity contribution is -0.141. The van der Waals surface area contributed by atoms with Crippen LogP contribution < -0.4 is 5.73 Å². The van der Waals surface area contributed by atoms with E-state index in [2.05, 4.69) is 0 Å². The Labute approximate surface area is 128 Å². The van der Waals surface area contributed by atoms with Crippen molar-refractivity contribution in [2.75, 3.05) is 13.6 Å². The lowest BCUT2D eigenvalue weighted by Gasteiger charge is -2.21. The number of hydrogen-bond acceptors (Lipinski definition) is 3. The standard InChI is InChI=1S/C14H18Cl2N2O2/c1-18(8-9-2-4-11(15)12(16)6-9)14(19)13-5-3-10(7-17)20-13/h2,4,6,10,13H,3,5,7-8,17H2,1H3. The number of carbonyl (C=O) groups is 1. The number of nitrogens with two attached hydrogens (primary N) is 1. The van der Waals surface area contributed by atoms with Crippen LogP contribution in [0.2, 0.25) is 10.0 Å². The lowest BCUT2D eigenvalue weighted by atomic mass is 10.1. The Balaban J connectivity index is 1.95. The normalized spacial score (nSPS) is 22.0. The molecular weight excluding hydrogens is 299 g/mol. The van der Waals surface area contributed by atoms with E-state index in [-0.39, 0.29) is 18.1 Å². The van der Waals surface area contributed by atoms with Crippen LogP contribution in [0.5, 0.6) is 0 Å². The van der Waals surface area contributed by atoms with Gasteiger partial charge in [-0.15, -0.1) is 0 Å². The maximum absolute atomic E-state index is 12.3. The fraction of sp³-hybridized carbons (Fsp3) is 0.500. The highest BCUT2D eigenvalue weighted by atomic mass is 35.5. The summed E-state index contributed by atoms with van der Waals surface area (Å²) in [5, 5.41) is 1.000. The molecule has 2 N–H and O–H groups in total. The van der Waals surface area contributed by atoms with Gasteiger partial charge in [0.15, 0.2) is 0 Å². The van der Waals surface area contributed by atoms with E-state index >= 15 is 0 Å². The zero-order chi connectivity index (χ0) is 14.7. The van der Waals surface area contributed by atoms with E-state index < -0.39 is 0 Å². The Morgan fingerprint density at radius 1 is 1.40 bits per heavy atom. The minimum Gasteiger partial charge on any atom is -0.364 e. The first-order valence-electron chi connectivity index (χ1n) is 6.55. The van der Waals surface area contributed by atoms with Gasteiger partial charge in [0.1, 0.15) is 6.10 Å². The third-order valence-corrected chi connectivity index (χ3v) is 4.16. The van der Waals surface area contributed by atoms with Crippen LogP contribution in [0.3, 0.4) is 0 Å². The molecular formula is C14H18Cl2N2O2. The van der Waals surface area contributed by atoms with Crippen LogP contribution in [0.15, 0.2) is 18.2 Å². The van der Waals surface area contributed by atoms with Gasteiger partial charge in [0.25, 0.3) is 5.91 Å². The van der Waals surface area contributed by atoms with Gasteiger partial charge in [0, 0.05) is 20.1 Å². The fourth-order valence-electron chi connectivity index (χ4n) is 2.30. The summed E-state index contributed by atoms with van der Waals surface area (Å²) in [7, 11) is 1.75. The molecule has 1 saturated heterocycles. The number of hydrogen-bond donors (Lipinski definition) is 1. The van der Waals surface area contributed by atoms with Crippen molar-refractivity contribution in [1.29, 1.82) is 0 Å². The van der Waals surface area contributed by atoms with Gasteiger partial charge < -0.3 is 15.4 Å². The van der Waals surface area contributed by atoms with E-state index in [0.29, 0.717) is 23.1 Å². The van der Waals surface area contributed by atoms with Gasteiger partial charge in [-0.3, -0.25) is 4.79 Å². The van der Waals surface area contributed by atoms with Gasteiger partial charge in [-0.2, -0.15) is 0 Å². The lowest BCUT2D eigenvalue weighted by Crippen LogP contribution is -2.36. The second-order valence-corrected chi connectivity index (χ2v) is 5.82. The molecule has 2 unspecified atom stereocenters. The van der Waals surface area contributed by atoms with E-state index in [0.717, 1.165) is 18.4 Å². The number of likely N-dealkylation sites (N-methyl/N-ethyl adjacent to an activating group) is 1. The van der Waals surface area contributed by atoms with Gasteiger partial charge in [0.05, 0.1) is 16.1 Å². The molecule has 0 bridgehead atoms.